The number of aromatic hydroxyl groups is 1. The van der Waals surface area contributed by atoms with E-state index in [9.17, 15) is 5.11 Å². The first-order valence-electron chi connectivity index (χ1n) is 4.54. The lowest BCUT2D eigenvalue weighted by Gasteiger charge is -2.07. The van der Waals surface area contributed by atoms with Gasteiger partial charge in [-0.2, -0.15) is 0 Å². The summed E-state index contributed by atoms with van der Waals surface area (Å²) in [6, 6.07) is 8.62. The quantitative estimate of drug-likeness (QED) is 0.489. The molecule has 6 heteroatoms. The van der Waals surface area contributed by atoms with Gasteiger partial charge in [0.1, 0.15) is 16.2 Å². The normalized spacial score (nSPS) is 10.0. The third-order valence-electron chi connectivity index (χ3n) is 1.93. The lowest BCUT2D eigenvalue weighted by molar-refractivity contribution is 0.477. The molecule has 0 spiro atoms. The monoisotopic (exact) mass is 251 g/mol. The number of hydrogen-bond acceptors (Lipinski definition) is 4. The summed E-state index contributed by atoms with van der Waals surface area (Å²) < 4.78 is 0.965. The highest BCUT2D eigenvalue weighted by Gasteiger charge is 1.99. The summed E-state index contributed by atoms with van der Waals surface area (Å²) in [5.41, 5.74) is 0.591. The lowest BCUT2D eigenvalue weighted by atomic mass is 10.3. The van der Waals surface area contributed by atoms with Crippen LogP contribution in [0, 0.1) is 9.41 Å². The number of hydrogen-bond donors (Lipinski definition) is 4. The number of anilines is 2. The second kappa shape index (κ2) is 4.46. The van der Waals surface area contributed by atoms with Crippen LogP contribution in [0.5, 0.6) is 5.75 Å². The van der Waals surface area contributed by atoms with Gasteiger partial charge in [0.15, 0.2) is 4.77 Å². The van der Waals surface area contributed by atoms with E-state index in [1.807, 2.05) is 6.07 Å². The molecule has 0 saturated carbocycles. The fourth-order valence-corrected chi connectivity index (χ4v) is 1.76. The molecule has 0 radical (unpaired) electrons. The number of nitrogens with one attached hydrogen (secondary N) is 3. The van der Waals surface area contributed by atoms with Crippen molar-refractivity contribution in [1.29, 1.82) is 0 Å². The Kier molecular flexibility index (Phi) is 3.02. The highest BCUT2D eigenvalue weighted by Crippen LogP contribution is 2.24. The molecule has 1 heterocycles. The standard InChI is InChI=1S/C10H9N3OS2/c14-7-4-2-1-3-6(7)11-8-5-9(15)13-10(16)12-8/h1-5,14H,(H3,11,12,13,15,16). The molecule has 0 saturated heterocycles. The average Bonchev–Trinajstić information content (AvgIpc) is 2.20. The molecule has 16 heavy (non-hydrogen) atoms. The number of aromatic amines is 2. The summed E-state index contributed by atoms with van der Waals surface area (Å²) in [6.07, 6.45) is 0. The van der Waals surface area contributed by atoms with Gasteiger partial charge in [0, 0.05) is 6.07 Å². The summed E-state index contributed by atoms with van der Waals surface area (Å²) in [6.45, 7) is 0. The molecule has 0 amide bonds. The van der Waals surface area contributed by atoms with Crippen molar-refractivity contribution < 1.29 is 5.11 Å². The van der Waals surface area contributed by atoms with E-state index < -0.39 is 0 Å². The van der Waals surface area contributed by atoms with E-state index in [2.05, 4.69) is 15.3 Å². The molecule has 1 aromatic heterocycles. The summed E-state index contributed by atoms with van der Waals surface area (Å²) in [5, 5.41) is 12.6. The molecular weight excluding hydrogens is 242 g/mol. The Balaban J connectivity index is 2.38. The van der Waals surface area contributed by atoms with Gasteiger partial charge in [-0.05, 0) is 24.4 Å². The molecule has 82 valence electrons. The predicted molar refractivity (Wildman–Crippen MR) is 68.2 cm³/mol. The van der Waals surface area contributed by atoms with E-state index in [1.165, 1.54) is 0 Å². The number of para-hydroxylation sites is 2. The zero-order valence-corrected chi connectivity index (χ0v) is 9.78. The van der Waals surface area contributed by atoms with Gasteiger partial charge in [0.05, 0.1) is 5.69 Å². The molecule has 0 aliphatic rings. The Labute approximate surface area is 102 Å². The number of H-pyrrole nitrogens is 2. The van der Waals surface area contributed by atoms with Gasteiger partial charge in [0.25, 0.3) is 0 Å². The van der Waals surface area contributed by atoms with Crippen molar-refractivity contribution in [2.75, 3.05) is 5.32 Å². The zero-order valence-electron chi connectivity index (χ0n) is 8.15. The van der Waals surface area contributed by atoms with Crippen LogP contribution in [0.4, 0.5) is 11.5 Å². The van der Waals surface area contributed by atoms with Crippen molar-refractivity contribution in [3.8, 4) is 5.75 Å². The van der Waals surface area contributed by atoms with Gasteiger partial charge in [-0.3, -0.25) is 0 Å². The first kappa shape index (κ1) is 10.8. The van der Waals surface area contributed by atoms with Crippen molar-refractivity contribution >= 4 is 35.9 Å². The first-order chi connectivity index (χ1) is 7.65. The number of benzene rings is 1. The Morgan fingerprint density at radius 3 is 2.56 bits per heavy atom. The highest BCUT2D eigenvalue weighted by molar-refractivity contribution is 7.72. The highest BCUT2D eigenvalue weighted by atomic mass is 32.1. The van der Waals surface area contributed by atoms with E-state index in [0.717, 1.165) is 0 Å². The van der Waals surface area contributed by atoms with E-state index in [0.29, 0.717) is 20.9 Å². The van der Waals surface area contributed by atoms with Crippen LogP contribution in [-0.4, -0.2) is 15.1 Å². The van der Waals surface area contributed by atoms with Gasteiger partial charge in [-0.1, -0.05) is 24.4 Å². The second-order valence-electron chi connectivity index (χ2n) is 3.14. The zero-order chi connectivity index (χ0) is 11.5. The van der Waals surface area contributed by atoms with Gasteiger partial charge < -0.3 is 20.4 Å². The maximum Gasteiger partial charge on any atom is 0.177 e. The summed E-state index contributed by atoms with van der Waals surface area (Å²) in [4.78, 5) is 5.68. The van der Waals surface area contributed by atoms with Crippen LogP contribution >= 0.6 is 24.4 Å². The molecule has 0 unspecified atom stereocenters. The van der Waals surface area contributed by atoms with Crippen LogP contribution in [0.3, 0.4) is 0 Å². The van der Waals surface area contributed by atoms with Crippen LogP contribution in [0.2, 0.25) is 0 Å². The Bertz CT molecular complexity index is 589. The largest absolute Gasteiger partial charge is 0.506 e. The van der Waals surface area contributed by atoms with E-state index in [1.54, 1.807) is 24.3 Å². The summed E-state index contributed by atoms with van der Waals surface area (Å²) >= 11 is 9.95. The van der Waals surface area contributed by atoms with Gasteiger partial charge in [-0.15, -0.1) is 0 Å². The molecule has 0 atom stereocenters. The molecule has 1 aromatic carbocycles. The van der Waals surface area contributed by atoms with Gasteiger partial charge in [0.2, 0.25) is 0 Å². The molecule has 0 bridgehead atoms. The van der Waals surface area contributed by atoms with Gasteiger partial charge in [-0.25, -0.2) is 0 Å². The minimum Gasteiger partial charge on any atom is -0.506 e. The van der Waals surface area contributed by atoms with Crippen molar-refractivity contribution in [2.24, 2.45) is 0 Å². The average molecular weight is 251 g/mol. The van der Waals surface area contributed by atoms with Crippen LogP contribution in [0.25, 0.3) is 0 Å². The van der Waals surface area contributed by atoms with Crippen molar-refractivity contribution in [1.82, 2.24) is 9.97 Å². The van der Waals surface area contributed by atoms with E-state index in [4.69, 9.17) is 24.4 Å². The molecule has 0 aliphatic carbocycles. The molecule has 2 aromatic rings. The molecule has 4 N–H and O–H groups in total. The predicted octanol–water partition coefficient (Wildman–Crippen LogP) is 3.25. The Morgan fingerprint density at radius 2 is 1.88 bits per heavy atom. The van der Waals surface area contributed by atoms with Crippen LogP contribution in [0.1, 0.15) is 0 Å². The number of phenols is 1. The molecule has 2 rings (SSSR count). The lowest BCUT2D eigenvalue weighted by Crippen LogP contribution is -1.95. The van der Waals surface area contributed by atoms with Crippen LogP contribution in [0.15, 0.2) is 30.3 Å². The van der Waals surface area contributed by atoms with Crippen LogP contribution < -0.4 is 5.32 Å². The maximum atomic E-state index is 9.57. The fourth-order valence-electron chi connectivity index (χ4n) is 1.26. The SMILES string of the molecule is Oc1ccccc1Nc1cc(=S)[nH]c(=S)[nH]1. The van der Waals surface area contributed by atoms with Crippen molar-refractivity contribution in [3.05, 3.63) is 39.7 Å². The Morgan fingerprint density at radius 1 is 1.12 bits per heavy atom. The topological polar surface area (TPSA) is 63.8 Å². The first-order valence-corrected chi connectivity index (χ1v) is 5.35. The van der Waals surface area contributed by atoms with Crippen LogP contribution in [-0.2, 0) is 0 Å². The third kappa shape index (κ3) is 2.47. The molecule has 4 nitrogen and oxygen atoms in total. The number of rotatable bonds is 2. The molecular formula is C10H9N3OS2. The molecule has 0 aliphatic heterocycles. The van der Waals surface area contributed by atoms with E-state index >= 15 is 0 Å². The van der Waals surface area contributed by atoms with Crippen molar-refractivity contribution in [3.63, 3.8) is 0 Å². The Hall–Kier alpha value is -1.66. The minimum absolute atomic E-state index is 0.167. The van der Waals surface area contributed by atoms with Gasteiger partial charge >= 0.3 is 0 Å². The molecule has 0 fully saturated rings. The number of phenolic OH excluding ortho intramolecular Hbond substituents is 1. The van der Waals surface area contributed by atoms with E-state index in [-0.39, 0.29) is 5.75 Å². The summed E-state index contributed by atoms with van der Waals surface area (Å²) in [5.74, 6) is 0.802. The third-order valence-corrected chi connectivity index (χ3v) is 2.36. The fraction of sp³-hybridized carbons (Fsp3) is 0. The minimum atomic E-state index is 0.167. The second-order valence-corrected chi connectivity index (χ2v) is 3.99. The summed E-state index contributed by atoms with van der Waals surface area (Å²) in [7, 11) is 0. The van der Waals surface area contributed by atoms with Crippen molar-refractivity contribution in [2.45, 2.75) is 0 Å². The maximum absolute atomic E-state index is 9.57. The number of aromatic nitrogens is 2. The smallest absolute Gasteiger partial charge is 0.177 e.